The summed E-state index contributed by atoms with van der Waals surface area (Å²) in [6.45, 7) is 3.37. The lowest BCUT2D eigenvalue weighted by Gasteiger charge is -2.21. The summed E-state index contributed by atoms with van der Waals surface area (Å²) in [5.41, 5.74) is 2.74. The summed E-state index contributed by atoms with van der Waals surface area (Å²) in [6, 6.07) is 5.73. The number of nitrogens with one attached hydrogen (secondary N) is 2. The van der Waals surface area contributed by atoms with Crippen LogP contribution in [0.1, 0.15) is 17.3 Å². The molecule has 1 aromatic rings. The molecule has 0 atom stereocenters. The van der Waals surface area contributed by atoms with E-state index < -0.39 is 0 Å². The minimum Gasteiger partial charge on any atom is -0.382 e. The Morgan fingerprint density at radius 1 is 1.31 bits per heavy atom. The lowest BCUT2D eigenvalue weighted by atomic mass is 10.1. The van der Waals surface area contributed by atoms with E-state index in [1.807, 2.05) is 18.2 Å². The fourth-order valence-corrected chi connectivity index (χ4v) is 1.57. The predicted octanol–water partition coefficient (Wildman–Crippen LogP) is 1.73. The maximum atomic E-state index is 11.2. The second-order valence-corrected chi connectivity index (χ2v) is 3.14. The molecule has 68 valence electrons. The van der Waals surface area contributed by atoms with Crippen LogP contribution in [0.25, 0.3) is 0 Å². The molecule has 1 aliphatic rings. The molecular formula is C10H12N2O. The second kappa shape index (κ2) is 3.09. The molecule has 0 fully saturated rings. The molecule has 2 N–H and O–H groups in total. The Labute approximate surface area is 77.1 Å². The molecule has 13 heavy (non-hydrogen) atoms. The summed E-state index contributed by atoms with van der Waals surface area (Å²) < 4.78 is 0. The molecule has 0 aromatic heterocycles. The van der Waals surface area contributed by atoms with Gasteiger partial charge in [0.1, 0.15) is 0 Å². The van der Waals surface area contributed by atoms with Gasteiger partial charge in [0.15, 0.2) is 5.78 Å². The van der Waals surface area contributed by atoms with Crippen molar-refractivity contribution in [1.29, 1.82) is 0 Å². The zero-order valence-electron chi connectivity index (χ0n) is 7.55. The largest absolute Gasteiger partial charge is 0.382 e. The molecule has 2 rings (SSSR count). The van der Waals surface area contributed by atoms with Crippen molar-refractivity contribution < 1.29 is 4.79 Å². The summed E-state index contributed by atoms with van der Waals surface area (Å²) in [7, 11) is 0. The van der Waals surface area contributed by atoms with Crippen LogP contribution < -0.4 is 10.6 Å². The van der Waals surface area contributed by atoms with E-state index in [0.29, 0.717) is 0 Å². The molecule has 3 nitrogen and oxygen atoms in total. The van der Waals surface area contributed by atoms with Crippen molar-refractivity contribution in [2.75, 3.05) is 23.7 Å². The Morgan fingerprint density at radius 2 is 2.08 bits per heavy atom. The van der Waals surface area contributed by atoms with Crippen molar-refractivity contribution in [1.82, 2.24) is 0 Å². The van der Waals surface area contributed by atoms with Crippen LogP contribution in [0.2, 0.25) is 0 Å². The summed E-state index contributed by atoms with van der Waals surface area (Å²) in [5.74, 6) is 0.105. The standard InChI is InChI=1S/C10H12N2O/c1-7(13)8-3-2-4-9-10(8)12-6-5-11-9/h2-4,11-12H,5-6H2,1H3. The molecular weight excluding hydrogens is 164 g/mol. The minimum atomic E-state index is 0.105. The Morgan fingerprint density at radius 3 is 2.85 bits per heavy atom. The van der Waals surface area contributed by atoms with E-state index in [9.17, 15) is 4.79 Å². The fourth-order valence-electron chi connectivity index (χ4n) is 1.57. The van der Waals surface area contributed by atoms with Gasteiger partial charge in [-0.25, -0.2) is 0 Å². The molecule has 0 amide bonds. The van der Waals surface area contributed by atoms with E-state index in [0.717, 1.165) is 30.0 Å². The van der Waals surface area contributed by atoms with Gasteiger partial charge in [0.25, 0.3) is 0 Å². The molecule has 0 saturated carbocycles. The normalized spacial score (nSPS) is 13.9. The van der Waals surface area contributed by atoms with Gasteiger partial charge in [-0.1, -0.05) is 6.07 Å². The number of carbonyl (C=O) groups excluding carboxylic acids is 1. The van der Waals surface area contributed by atoms with Crippen LogP contribution >= 0.6 is 0 Å². The van der Waals surface area contributed by atoms with Gasteiger partial charge in [-0.15, -0.1) is 0 Å². The Bertz CT molecular complexity index is 347. The number of ketones is 1. The van der Waals surface area contributed by atoms with Gasteiger partial charge in [-0.05, 0) is 19.1 Å². The van der Waals surface area contributed by atoms with Crippen molar-refractivity contribution in [2.45, 2.75) is 6.92 Å². The number of para-hydroxylation sites is 1. The monoisotopic (exact) mass is 176 g/mol. The van der Waals surface area contributed by atoms with Gasteiger partial charge in [-0.2, -0.15) is 0 Å². The van der Waals surface area contributed by atoms with Gasteiger partial charge in [0, 0.05) is 18.7 Å². The van der Waals surface area contributed by atoms with Crippen LogP contribution in [0.4, 0.5) is 11.4 Å². The van der Waals surface area contributed by atoms with Gasteiger partial charge in [0.2, 0.25) is 0 Å². The summed E-state index contributed by atoms with van der Waals surface area (Å²) >= 11 is 0. The van der Waals surface area contributed by atoms with Crippen LogP contribution in [0.5, 0.6) is 0 Å². The van der Waals surface area contributed by atoms with Gasteiger partial charge in [0.05, 0.1) is 11.4 Å². The zero-order valence-corrected chi connectivity index (χ0v) is 7.55. The topological polar surface area (TPSA) is 41.1 Å². The van der Waals surface area contributed by atoms with E-state index in [1.54, 1.807) is 6.92 Å². The van der Waals surface area contributed by atoms with Gasteiger partial charge >= 0.3 is 0 Å². The highest BCUT2D eigenvalue weighted by Crippen LogP contribution is 2.28. The highest BCUT2D eigenvalue weighted by atomic mass is 16.1. The molecule has 0 saturated heterocycles. The number of Topliss-reactive ketones (excluding diaryl/α,β-unsaturated/α-hetero) is 1. The molecule has 1 aliphatic heterocycles. The van der Waals surface area contributed by atoms with Crippen molar-refractivity contribution in [3.8, 4) is 0 Å². The molecule has 0 bridgehead atoms. The quantitative estimate of drug-likeness (QED) is 0.640. The first-order valence-corrected chi connectivity index (χ1v) is 4.41. The summed E-state index contributed by atoms with van der Waals surface area (Å²) in [5, 5.41) is 6.47. The summed E-state index contributed by atoms with van der Waals surface area (Å²) in [6.07, 6.45) is 0. The molecule has 0 aliphatic carbocycles. The number of rotatable bonds is 1. The van der Waals surface area contributed by atoms with Crippen molar-refractivity contribution in [3.05, 3.63) is 23.8 Å². The van der Waals surface area contributed by atoms with E-state index >= 15 is 0 Å². The van der Waals surface area contributed by atoms with Crippen molar-refractivity contribution >= 4 is 17.2 Å². The van der Waals surface area contributed by atoms with E-state index in [1.165, 1.54) is 0 Å². The van der Waals surface area contributed by atoms with E-state index in [4.69, 9.17) is 0 Å². The maximum Gasteiger partial charge on any atom is 0.161 e. The van der Waals surface area contributed by atoms with Crippen LogP contribution in [0, 0.1) is 0 Å². The number of fused-ring (bicyclic) bond motifs is 1. The first-order valence-electron chi connectivity index (χ1n) is 4.41. The average Bonchev–Trinajstić information content (AvgIpc) is 2.17. The van der Waals surface area contributed by atoms with Crippen LogP contribution in [-0.4, -0.2) is 18.9 Å². The Balaban J connectivity index is 2.52. The van der Waals surface area contributed by atoms with Gasteiger partial charge in [-0.3, -0.25) is 4.79 Å². The van der Waals surface area contributed by atoms with Crippen LogP contribution in [0.15, 0.2) is 18.2 Å². The number of anilines is 2. The molecule has 3 heteroatoms. The zero-order chi connectivity index (χ0) is 9.26. The third-order valence-electron chi connectivity index (χ3n) is 2.19. The lowest BCUT2D eigenvalue weighted by Crippen LogP contribution is -2.22. The van der Waals surface area contributed by atoms with E-state index in [-0.39, 0.29) is 5.78 Å². The van der Waals surface area contributed by atoms with Crippen LogP contribution in [-0.2, 0) is 0 Å². The average molecular weight is 176 g/mol. The second-order valence-electron chi connectivity index (χ2n) is 3.14. The van der Waals surface area contributed by atoms with E-state index in [2.05, 4.69) is 10.6 Å². The number of hydrogen-bond acceptors (Lipinski definition) is 3. The first kappa shape index (κ1) is 8.10. The minimum absolute atomic E-state index is 0.105. The van der Waals surface area contributed by atoms with Crippen molar-refractivity contribution in [3.63, 3.8) is 0 Å². The Hall–Kier alpha value is -1.51. The Kier molecular flexibility index (Phi) is 1.93. The predicted molar refractivity (Wildman–Crippen MR) is 53.4 cm³/mol. The smallest absolute Gasteiger partial charge is 0.161 e. The highest BCUT2D eigenvalue weighted by molar-refractivity contribution is 6.02. The maximum absolute atomic E-state index is 11.2. The molecule has 0 radical (unpaired) electrons. The SMILES string of the molecule is CC(=O)c1cccc2c1NCCN2. The summed E-state index contributed by atoms with van der Waals surface area (Å²) in [4.78, 5) is 11.2. The molecule has 1 aromatic carbocycles. The molecule has 1 heterocycles. The highest BCUT2D eigenvalue weighted by Gasteiger charge is 2.13. The fraction of sp³-hybridized carbons (Fsp3) is 0.300. The van der Waals surface area contributed by atoms with Gasteiger partial charge < -0.3 is 10.6 Å². The van der Waals surface area contributed by atoms with Crippen LogP contribution in [0.3, 0.4) is 0 Å². The third-order valence-corrected chi connectivity index (χ3v) is 2.19. The number of carbonyl (C=O) groups is 1. The lowest BCUT2D eigenvalue weighted by molar-refractivity contribution is 0.101. The molecule has 0 unspecified atom stereocenters. The molecule has 0 spiro atoms. The number of benzene rings is 1. The number of hydrogen-bond donors (Lipinski definition) is 2. The van der Waals surface area contributed by atoms with Crippen molar-refractivity contribution in [2.24, 2.45) is 0 Å². The first-order chi connectivity index (χ1) is 6.29. The third kappa shape index (κ3) is 1.37.